The van der Waals surface area contributed by atoms with Crippen molar-refractivity contribution in [2.45, 2.75) is 31.6 Å². The van der Waals surface area contributed by atoms with Gasteiger partial charge in [0.15, 0.2) is 0 Å². The molecule has 1 rings (SSSR count). The van der Waals surface area contributed by atoms with E-state index in [4.69, 9.17) is 14.2 Å². The summed E-state index contributed by atoms with van der Waals surface area (Å²) in [5, 5.41) is 1.72. The Balaban J connectivity index is 2.47. The predicted molar refractivity (Wildman–Crippen MR) is 107 cm³/mol. The van der Waals surface area contributed by atoms with Crippen LogP contribution >= 0.6 is 24.4 Å². The van der Waals surface area contributed by atoms with E-state index in [0.29, 0.717) is 17.3 Å². The molecule has 0 heterocycles. The zero-order chi connectivity index (χ0) is 21.2. The first-order valence-electron chi connectivity index (χ1n) is 8.36. The number of nitrogens with one attached hydrogen (secondary N) is 1. The standard InChI is InChI=1S/C18H23NO7S2/c1-4-24-15(21)13(19-16(22)18(2,3)27)10-28-17(23)26-11-25-14(20)12-8-6-5-7-9-12/h5-9,13,27H,4,10-11H2,1-3H3,(H,19,22)/t13-/m0/s1. The van der Waals surface area contributed by atoms with Gasteiger partial charge in [-0.05, 0) is 44.7 Å². The molecule has 0 radical (unpaired) electrons. The molecule has 1 atom stereocenters. The number of hydrogen-bond acceptors (Lipinski definition) is 9. The maximum atomic E-state index is 12.0. The second-order valence-electron chi connectivity index (χ2n) is 5.96. The number of benzene rings is 1. The van der Waals surface area contributed by atoms with Crippen molar-refractivity contribution in [1.29, 1.82) is 0 Å². The minimum Gasteiger partial charge on any atom is -0.464 e. The highest BCUT2D eigenvalue weighted by Gasteiger charge is 2.30. The van der Waals surface area contributed by atoms with Gasteiger partial charge in [0.25, 0.3) is 0 Å². The van der Waals surface area contributed by atoms with Crippen LogP contribution in [0.25, 0.3) is 0 Å². The van der Waals surface area contributed by atoms with Gasteiger partial charge in [-0.3, -0.25) is 4.79 Å². The monoisotopic (exact) mass is 429 g/mol. The maximum absolute atomic E-state index is 12.0. The molecule has 28 heavy (non-hydrogen) atoms. The Kier molecular flexibility index (Phi) is 9.88. The first kappa shape index (κ1) is 23.8. The predicted octanol–water partition coefficient (Wildman–Crippen LogP) is 2.43. The summed E-state index contributed by atoms with van der Waals surface area (Å²) in [5.41, 5.74) is 0.325. The highest BCUT2D eigenvalue weighted by Crippen LogP contribution is 2.14. The third-order valence-corrected chi connectivity index (χ3v) is 4.23. The van der Waals surface area contributed by atoms with Gasteiger partial charge in [-0.1, -0.05) is 18.2 Å². The maximum Gasteiger partial charge on any atom is 0.370 e. The quantitative estimate of drug-likeness (QED) is 0.350. The second kappa shape index (κ2) is 11.6. The highest BCUT2D eigenvalue weighted by atomic mass is 32.2. The Hall–Kier alpha value is -2.20. The molecule has 154 valence electrons. The van der Waals surface area contributed by atoms with E-state index in [9.17, 15) is 19.2 Å². The van der Waals surface area contributed by atoms with Gasteiger partial charge >= 0.3 is 17.2 Å². The van der Waals surface area contributed by atoms with E-state index in [1.165, 1.54) is 0 Å². The van der Waals surface area contributed by atoms with Crippen LogP contribution in [0.3, 0.4) is 0 Å². The van der Waals surface area contributed by atoms with Crippen molar-refractivity contribution in [3.63, 3.8) is 0 Å². The second-order valence-corrected chi connectivity index (χ2v) is 8.03. The molecule has 0 bridgehead atoms. The number of amides is 1. The van der Waals surface area contributed by atoms with Gasteiger partial charge in [-0.15, -0.1) is 0 Å². The lowest BCUT2D eigenvalue weighted by Gasteiger charge is -2.22. The van der Waals surface area contributed by atoms with E-state index >= 15 is 0 Å². The van der Waals surface area contributed by atoms with Crippen molar-refractivity contribution in [3.8, 4) is 0 Å². The van der Waals surface area contributed by atoms with Crippen molar-refractivity contribution < 1.29 is 33.4 Å². The van der Waals surface area contributed by atoms with Crippen LogP contribution in [-0.2, 0) is 23.8 Å². The van der Waals surface area contributed by atoms with E-state index in [-0.39, 0.29) is 12.4 Å². The molecule has 1 aromatic rings. The summed E-state index contributed by atoms with van der Waals surface area (Å²) >= 11 is 4.78. The fourth-order valence-corrected chi connectivity index (χ4v) is 2.45. The summed E-state index contributed by atoms with van der Waals surface area (Å²) in [6.45, 7) is 4.31. The van der Waals surface area contributed by atoms with Crippen LogP contribution in [0.15, 0.2) is 30.3 Å². The van der Waals surface area contributed by atoms with Crippen molar-refractivity contribution in [2.24, 2.45) is 0 Å². The molecule has 0 aromatic heterocycles. The number of carbonyl (C=O) groups is 4. The van der Waals surface area contributed by atoms with Crippen LogP contribution in [0.2, 0.25) is 0 Å². The largest absolute Gasteiger partial charge is 0.464 e. The summed E-state index contributed by atoms with van der Waals surface area (Å²) in [4.78, 5) is 47.5. The van der Waals surface area contributed by atoms with Gasteiger partial charge in [0, 0.05) is 5.75 Å². The molecule has 0 fully saturated rings. The zero-order valence-electron chi connectivity index (χ0n) is 15.8. The number of thiol groups is 1. The number of carbonyl (C=O) groups excluding carboxylic acids is 4. The van der Waals surface area contributed by atoms with Crippen LogP contribution in [-0.4, -0.2) is 53.1 Å². The molecule has 0 aliphatic carbocycles. The molecule has 10 heteroatoms. The Bertz CT molecular complexity index is 689. The molecule has 0 saturated heterocycles. The van der Waals surface area contributed by atoms with E-state index in [0.717, 1.165) is 0 Å². The van der Waals surface area contributed by atoms with Crippen molar-refractivity contribution in [1.82, 2.24) is 5.32 Å². The molecule has 0 spiro atoms. The molecule has 0 saturated carbocycles. The van der Waals surface area contributed by atoms with Crippen LogP contribution in [0.1, 0.15) is 31.1 Å². The van der Waals surface area contributed by atoms with Gasteiger partial charge in [0.1, 0.15) is 6.04 Å². The summed E-state index contributed by atoms with van der Waals surface area (Å²) in [5.74, 6) is -1.91. The van der Waals surface area contributed by atoms with E-state index in [1.54, 1.807) is 51.1 Å². The number of rotatable bonds is 9. The average Bonchev–Trinajstić information content (AvgIpc) is 2.64. The molecule has 1 aromatic carbocycles. The van der Waals surface area contributed by atoms with Crippen molar-refractivity contribution >= 4 is 47.5 Å². The third-order valence-electron chi connectivity index (χ3n) is 3.18. The van der Waals surface area contributed by atoms with Crippen LogP contribution in [0.4, 0.5) is 4.79 Å². The smallest absolute Gasteiger partial charge is 0.370 e. The Morgan fingerprint density at radius 1 is 1.11 bits per heavy atom. The minimum atomic E-state index is -1.05. The average molecular weight is 430 g/mol. The van der Waals surface area contributed by atoms with Gasteiger partial charge in [0.2, 0.25) is 12.7 Å². The molecule has 1 amide bonds. The molecule has 0 aliphatic rings. The van der Waals surface area contributed by atoms with Crippen LogP contribution < -0.4 is 5.32 Å². The van der Waals surface area contributed by atoms with Crippen molar-refractivity contribution in [3.05, 3.63) is 35.9 Å². The summed E-state index contributed by atoms with van der Waals surface area (Å²) in [6, 6.07) is 7.18. The lowest BCUT2D eigenvalue weighted by molar-refractivity contribution is -0.146. The third kappa shape index (κ3) is 8.66. The highest BCUT2D eigenvalue weighted by molar-refractivity contribution is 8.13. The molecule has 0 aliphatic heterocycles. The summed E-state index contributed by atoms with van der Waals surface area (Å²) < 4.78 is 13.5. The lowest BCUT2D eigenvalue weighted by Crippen LogP contribution is -2.49. The van der Waals surface area contributed by atoms with Crippen molar-refractivity contribution in [2.75, 3.05) is 19.2 Å². The topological polar surface area (TPSA) is 108 Å². The Morgan fingerprint density at radius 3 is 2.32 bits per heavy atom. The van der Waals surface area contributed by atoms with E-state index in [2.05, 4.69) is 17.9 Å². The van der Waals surface area contributed by atoms with Crippen LogP contribution in [0.5, 0.6) is 0 Å². The first-order valence-corrected chi connectivity index (χ1v) is 9.80. The normalized spacial score (nSPS) is 11.9. The van der Waals surface area contributed by atoms with Gasteiger partial charge in [-0.2, -0.15) is 12.6 Å². The van der Waals surface area contributed by atoms with Crippen LogP contribution in [0, 0.1) is 0 Å². The van der Waals surface area contributed by atoms with Gasteiger partial charge in [-0.25, -0.2) is 14.4 Å². The zero-order valence-corrected chi connectivity index (χ0v) is 17.5. The van der Waals surface area contributed by atoms with Gasteiger partial charge < -0.3 is 19.5 Å². The summed E-state index contributed by atoms with van der Waals surface area (Å²) in [6.07, 6.45) is 0. The fraction of sp³-hybridized carbons (Fsp3) is 0.444. The molecular weight excluding hydrogens is 406 g/mol. The van der Waals surface area contributed by atoms with E-state index < -0.39 is 40.7 Å². The molecule has 8 nitrogen and oxygen atoms in total. The summed E-state index contributed by atoms with van der Waals surface area (Å²) in [7, 11) is 0. The molecule has 1 N–H and O–H groups in total. The minimum absolute atomic E-state index is 0.111. The van der Waals surface area contributed by atoms with E-state index in [1.807, 2.05) is 0 Å². The Labute approximate surface area is 173 Å². The van der Waals surface area contributed by atoms with Gasteiger partial charge in [0.05, 0.1) is 16.9 Å². The fourth-order valence-electron chi connectivity index (χ4n) is 1.73. The Morgan fingerprint density at radius 2 is 1.75 bits per heavy atom. The number of ether oxygens (including phenoxy) is 3. The number of hydrogen-bond donors (Lipinski definition) is 2. The molecule has 0 unspecified atom stereocenters. The number of thioether (sulfide) groups is 1. The number of esters is 2. The first-order chi connectivity index (χ1) is 13.1. The molecular formula is C18H23NO7S2. The lowest BCUT2D eigenvalue weighted by atomic mass is 10.2. The SMILES string of the molecule is CCOC(=O)[C@H](CSC(=O)OCOC(=O)c1ccccc1)NC(=O)C(C)(C)S.